The van der Waals surface area contributed by atoms with Crippen molar-refractivity contribution in [3.63, 3.8) is 0 Å². The number of aromatic nitrogens is 1. The molecule has 31 heavy (non-hydrogen) atoms. The normalized spacial score (nSPS) is 19.1. The fourth-order valence-electron chi connectivity index (χ4n) is 3.94. The minimum atomic E-state index is -3.53. The largest absolute Gasteiger partial charge is 0.337 e. The number of pyridine rings is 1. The van der Waals surface area contributed by atoms with Crippen molar-refractivity contribution in [3.8, 4) is 0 Å². The molecule has 7 nitrogen and oxygen atoms in total. The number of likely N-dealkylation sites (N-methyl/N-ethyl adjacent to an activating group) is 1. The lowest BCUT2D eigenvalue weighted by molar-refractivity contribution is -0.131. The predicted molar refractivity (Wildman–Crippen MR) is 121 cm³/mol. The lowest BCUT2D eigenvalue weighted by atomic mass is 10.00. The van der Waals surface area contributed by atoms with Crippen LogP contribution in [0.4, 0.5) is 0 Å². The lowest BCUT2D eigenvalue weighted by Gasteiger charge is -2.31. The monoisotopic (exact) mass is 460 g/mol. The number of rotatable bonds is 5. The van der Waals surface area contributed by atoms with Crippen molar-refractivity contribution in [2.24, 2.45) is 0 Å². The maximum absolute atomic E-state index is 12.9. The first-order valence-corrected chi connectivity index (χ1v) is 12.8. The van der Waals surface area contributed by atoms with Gasteiger partial charge in [0.1, 0.15) is 4.90 Å². The Bertz CT molecular complexity index is 1030. The molecule has 3 heterocycles. The van der Waals surface area contributed by atoms with E-state index in [-0.39, 0.29) is 16.1 Å². The number of piperazine rings is 1. The van der Waals surface area contributed by atoms with Gasteiger partial charge in [-0.25, -0.2) is 13.4 Å². The van der Waals surface area contributed by atoms with Crippen molar-refractivity contribution < 1.29 is 13.2 Å². The average Bonchev–Trinajstić information content (AvgIpc) is 2.79. The summed E-state index contributed by atoms with van der Waals surface area (Å²) in [6.45, 7) is 5.65. The van der Waals surface area contributed by atoms with Gasteiger partial charge in [0.05, 0.1) is 10.3 Å². The molecule has 2 aliphatic rings. The first-order valence-electron chi connectivity index (χ1n) is 10.5. The third kappa shape index (κ3) is 4.95. The van der Waals surface area contributed by atoms with Crippen molar-refractivity contribution >= 4 is 27.7 Å². The SMILES string of the molecule is CC(Sc1ccc(S(=O)(=O)N2CCN(C)CC2)cn1)C(=O)N1CCc2ccccc2C1. The van der Waals surface area contributed by atoms with E-state index in [0.29, 0.717) is 24.7 Å². The summed E-state index contributed by atoms with van der Waals surface area (Å²) in [7, 11) is -1.54. The molecule has 166 valence electrons. The number of nitrogens with zero attached hydrogens (tertiary/aromatic N) is 4. The molecule has 0 bridgehead atoms. The quantitative estimate of drug-likeness (QED) is 0.636. The molecule has 0 radical (unpaired) electrons. The van der Waals surface area contributed by atoms with Gasteiger partial charge in [-0.15, -0.1) is 0 Å². The molecule has 2 aromatic rings. The van der Waals surface area contributed by atoms with E-state index in [1.165, 1.54) is 33.4 Å². The van der Waals surface area contributed by atoms with Gasteiger partial charge in [-0.1, -0.05) is 36.0 Å². The van der Waals surface area contributed by atoms with Crippen LogP contribution in [-0.2, 0) is 27.8 Å². The Hall–Kier alpha value is -1.94. The Labute approximate surface area is 188 Å². The molecule has 0 N–H and O–H groups in total. The van der Waals surface area contributed by atoms with Crippen LogP contribution in [0.1, 0.15) is 18.1 Å². The third-order valence-electron chi connectivity index (χ3n) is 5.90. The van der Waals surface area contributed by atoms with Gasteiger partial charge in [0.25, 0.3) is 0 Å². The summed E-state index contributed by atoms with van der Waals surface area (Å²) in [5.41, 5.74) is 2.52. The zero-order valence-electron chi connectivity index (χ0n) is 17.9. The molecule has 1 fully saturated rings. The molecular formula is C22H28N4O3S2. The fourth-order valence-corrected chi connectivity index (χ4v) is 6.18. The number of sulfonamides is 1. The van der Waals surface area contributed by atoms with Gasteiger partial charge >= 0.3 is 0 Å². The van der Waals surface area contributed by atoms with Crippen LogP contribution in [0, 0.1) is 0 Å². The molecular weight excluding hydrogens is 432 g/mol. The van der Waals surface area contributed by atoms with Gasteiger partial charge in [-0.2, -0.15) is 4.31 Å². The minimum absolute atomic E-state index is 0.0791. The highest BCUT2D eigenvalue weighted by molar-refractivity contribution is 8.00. The predicted octanol–water partition coefficient (Wildman–Crippen LogP) is 2.08. The van der Waals surface area contributed by atoms with Crippen molar-refractivity contribution in [2.75, 3.05) is 39.8 Å². The smallest absolute Gasteiger partial charge is 0.244 e. The van der Waals surface area contributed by atoms with Gasteiger partial charge < -0.3 is 9.80 Å². The second kappa shape index (κ2) is 9.28. The van der Waals surface area contributed by atoms with Crippen LogP contribution in [0.3, 0.4) is 0 Å². The van der Waals surface area contributed by atoms with Crippen molar-refractivity contribution in [1.82, 2.24) is 19.1 Å². The van der Waals surface area contributed by atoms with E-state index in [1.807, 2.05) is 31.0 Å². The summed E-state index contributed by atoms with van der Waals surface area (Å²) in [6, 6.07) is 11.5. The molecule has 1 unspecified atom stereocenters. The van der Waals surface area contributed by atoms with E-state index in [0.717, 1.165) is 26.1 Å². The Morgan fingerprint density at radius 3 is 2.42 bits per heavy atom. The Morgan fingerprint density at radius 1 is 1.03 bits per heavy atom. The molecule has 1 aromatic carbocycles. The summed E-state index contributed by atoms with van der Waals surface area (Å²) in [4.78, 5) is 21.5. The third-order valence-corrected chi connectivity index (χ3v) is 8.82. The average molecular weight is 461 g/mol. The standard InChI is InChI=1S/C22H28N4O3S2/c1-17(22(27)25-10-9-18-5-3-4-6-19(18)16-25)30-21-8-7-20(15-23-21)31(28,29)26-13-11-24(2)12-14-26/h3-8,15,17H,9-14,16H2,1-2H3. The number of benzene rings is 1. The van der Waals surface area contributed by atoms with Gasteiger partial charge in [-0.3, -0.25) is 4.79 Å². The summed E-state index contributed by atoms with van der Waals surface area (Å²) >= 11 is 1.36. The highest BCUT2D eigenvalue weighted by atomic mass is 32.2. The number of hydrogen-bond acceptors (Lipinski definition) is 6. The second-order valence-corrected chi connectivity index (χ2v) is 11.4. The van der Waals surface area contributed by atoms with Crippen molar-refractivity contribution in [3.05, 3.63) is 53.7 Å². The molecule has 2 aliphatic heterocycles. The number of carbonyl (C=O) groups excluding carboxylic acids is 1. The van der Waals surface area contributed by atoms with E-state index >= 15 is 0 Å². The lowest BCUT2D eigenvalue weighted by Crippen LogP contribution is -2.47. The maximum Gasteiger partial charge on any atom is 0.244 e. The van der Waals surface area contributed by atoms with Gasteiger partial charge in [0.2, 0.25) is 15.9 Å². The van der Waals surface area contributed by atoms with E-state index in [9.17, 15) is 13.2 Å². The van der Waals surface area contributed by atoms with E-state index in [1.54, 1.807) is 12.1 Å². The van der Waals surface area contributed by atoms with Crippen LogP contribution >= 0.6 is 11.8 Å². The van der Waals surface area contributed by atoms with E-state index in [2.05, 4.69) is 22.0 Å². The van der Waals surface area contributed by atoms with Gasteiger partial charge in [0, 0.05) is 45.5 Å². The molecule has 0 saturated carbocycles. The fraction of sp³-hybridized carbons (Fsp3) is 0.455. The molecule has 4 rings (SSSR count). The molecule has 1 saturated heterocycles. The van der Waals surface area contributed by atoms with E-state index in [4.69, 9.17) is 0 Å². The first kappa shape index (κ1) is 22.3. The van der Waals surface area contributed by atoms with Crippen LogP contribution in [0.15, 0.2) is 52.5 Å². The number of thioether (sulfide) groups is 1. The zero-order valence-corrected chi connectivity index (χ0v) is 19.5. The van der Waals surface area contributed by atoms with E-state index < -0.39 is 10.0 Å². The number of hydrogen-bond donors (Lipinski definition) is 0. The molecule has 1 aromatic heterocycles. The zero-order chi connectivity index (χ0) is 22.0. The Balaban J connectivity index is 1.38. The number of carbonyl (C=O) groups is 1. The topological polar surface area (TPSA) is 73.8 Å². The van der Waals surface area contributed by atoms with Crippen LogP contribution in [0.25, 0.3) is 0 Å². The van der Waals surface area contributed by atoms with Crippen LogP contribution in [0.2, 0.25) is 0 Å². The Kier molecular flexibility index (Phi) is 6.66. The summed E-state index contributed by atoms with van der Waals surface area (Å²) < 4.78 is 27.2. The Morgan fingerprint density at radius 2 is 1.74 bits per heavy atom. The van der Waals surface area contributed by atoms with Crippen molar-refractivity contribution in [1.29, 1.82) is 0 Å². The molecule has 9 heteroatoms. The van der Waals surface area contributed by atoms with Crippen molar-refractivity contribution in [2.45, 2.75) is 35.1 Å². The minimum Gasteiger partial charge on any atom is -0.337 e. The molecule has 1 amide bonds. The number of amides is 1. The molecule has 0 spiro atoms. The first-order chi connectivity index (χ1) is 14.8. The highest BCUT2D eigenvalue weighted by Crippen LogP contribution is 2.27. The summed E-state index contributed by atoms with van der Waals surface area (Å²) in [5.74, 6) is 0.0791. The molecule has 1 atom stereocenters. The van der Waals surface area contributed by atoms with Crippen LogP contribution in [-0.4, -0.2) is 78.4 Å². The van der Waals surface area contributed by atoms with Gasteiger partial charge in [0.15, 0.2) is 0 Å². The number of fused-ring (bicyclic) bond motifs is 1. The molecule has 0 aliphatic carbocycles. The van der Waals surface area contributed by atoms with Gasteiger partial charge in [-0.05, 0) is 43.7 Å². The summed E-state index contributed by atoms with van der Waals surface area (Å²) in [6.07, 6.45) is 2.28. The maximum atomic E-state index is 12.9. The second-order valence-electron chi connectivity index (χ2n) is 8.08. The van der Waals surface area contributed by atoms with Crippen LogP contribution < -0.4 is 0 Å². The van der Waals surface area contributed by atoms with Crippen LogP contribution in [0.5, 0.6) is 0 Å². The summed E-state index contributed by atoms with van der Waals surface area (Å²) in [5, 5.41) is 0.355. The highest BCUT2D eigenvalue weighted by Gasteiger charge is 2.28.